The summed E-state index contributed by atoms with van der Waals surface area (Å²) in [6, 6.07) is 7.65. The Labute approximate surface area is 373 Å². The molecule has 4 aromatic rings. The van der Waals surface area contributed by atoms with Crippen LogP contribution in [0.2, 0.25) is 5.02 Å². The Balaban J connectivity index is 0.937. The summed E-state index contributed by atoms with van der Waals surface area (Å²) in [5.74, 6) is -1.93. The van der Waals surface area contributed by atoms with Gasteiger partial charge in [0.05, 0.1) is 65.5 Å². The van der Waals surface area contributed by atoms with E-state index in [0.29, 0.717) is 75.6 Å². The highest BCUT2D eigenvalue weighted by Crippen LogP contribution is 2.37. The Hall–Kier alpha value is -5.57. The first-order valence-corrected chi connectivity index (χ1v) is 22.1. The van der Waals surface area contributed by atoms with Crippen LogP contribution in [0.5, 0.6) is 0 Å². The standard InChI is InChI=1S/C43H54ClF3N12O5/c1-55-35(33-25-58(54-38(33)43(45,46)47)36-9-7-31(23-51-36)50-13-5-3-2-4-12-48)24-52-39(55)40(62)53-30-6-8-32(34(44)20-30)42(64)57-16-14-56(15-17-57)41(63)29-10-18-59(19-11-29,27-37(60)61)26-28-21-49-22-28/h6-9,20,23-25,28-29,49-50H,2-5,10-19,21-22,26-27,48H2,1H3,(H-,53,60,61,62,64). The van der Waals surface area contributed by atoms with E-state index in [1.54, 1.807) is 21.9 Å². The summed E-state index contributed by atoms with van der Waals surface area (Å²) in [6.07, 6.45) is 4.23. The molecule has 0 saturated carbocycles. The third-order valence-corrected chi connectivity index (χ3v) is 12.8. The normalized spacial score (nSPS) is 19.3. The van der Waals surface area contributed by atoms with E-state index in [0.717, 1.165) is 61.9 Å². The molecular formula is C43H54ClF3N12O5. The number of hydrogen-bond donors (Lipinski definition) is 4. The number of piperidine rings is 1. The first-order valence-electron chi connectivity index (χ1n) is 21.7. The van der Waals surface area contributed by atoms with E-state index >= 15 is 0 Å². The van der Waals surface area contributed by atoms with Crippen molar-refractivity contribution < 1.29 is 41.9 Å². The van der Waals surface area contributed by atoms with Gasteiger partial charge >= 0.3 is 6.18 Å². The number of benzene rings is 1. The number of nitrogens with zero attached hydrogens (tertiary/aromatic N) is 8. The summed E-state index contributed by atoms with van der Waals surface area (Å²) in [4.78, 5) is 64.0. The molecule has 6 heterocycles. The Morgan fingerprint density at radius 1 is 0.953 bits per heavy atom. The fourth-order valence-electron chi connectivity index (χ4n) is 8.82. The molecule has 0 aliphatic carbocycles. The lowest BCUT2D eigenvalue weighted by molar-refractivity contribution is -0.931. The van der Waals surface area contributed by atoms with Crippen LogP contribution in [0.25, 0.3) is 17.1 Å². The van der Waals surface area contributed by atoms with Crippen LogP contribution in [0.4, 0.5) is 24.5 Å². The van der Waals surface area contributed by atoms with E-state index < -0.39 is 23.7 Å². The molecule has 0 radical (unpaired) electrons. The molecule has 0 unspecified atom stereocenters. The number of rotatable bonds is 17. The van der Waals surface area contributed by atoms with Crippen LogP contribution in [-0.4, -0.2) is 141 Å². The van der Waals surface area contributed by atoms with Crippen LogP contribution in [0.15, 0.2) is 48.9 Å². The fourth-order valence-corrected chi connectivity index (χ4v) is 9.08. The highest BCUT2D eigenvalue weighted by atomic mass is 35.5. The van der Waals surface area contributed by atoms with E-state index in [4.69, 9.17) is 17.3 Å². The molecule has 0 spiro atoms. The van der Waals surface area contributed by atoms with Crippen molar-refractivity contribution in [1.82, 2.24) is 39.4 Å². The number of nitrogens with one attached hydrogen (secondary N) is 3. The maximum Gasteiger partial charge on any atom is 0.435 e. The van der Waals surface area contributed by atoms with Crippen molar-refractivity contribution in [2.24, 2.45) is 24.6 Å². The molecule has 7 rings (SSSR count). The Kier molecular flexibility index (Phi) is 14.6. The number of amides is 3. The second-order valence-corrected chi connectivity index (χ2v) is 17.4. The van der Waals surface area contributed by atoms with Crippen LogP contribution in [0.3, 0.4) is 0 Å². The monoisotopic (exact) mass is 910 g/mol. The van der Waals surface area contributed by atoms with Crippen LogP contribution < -0.4 is 26.8 Å². The lowest BCUT2D eigenvalue weighted by atomic mass is 9.90. The topological polar surface area (TPSA) is 208 Å². The minimum atomic E-state index is -4.83. The zero-order valence-electron chi connectivity index (χ0n) is 35.7. The minimum absolute atomic E-state index is 0.0110. The van der Waals surface area contributed by atoms with Crippen molar-refractivity contribution in [1.29, 1.82) is 0 Å². The second kappa shape index (κ2) is 20.1. The SMILES string of the molecule is Cn1c(-c2cn(-c3ccc(NCCCCCCN)cn3)nc2C(F)(F)F)cnc1C(=O)Nc1ccc(C(=O)N2CCN(C(=O)C3CC[N+](CC(=O)[O-])(CC4CNC4)CC3)CC2)c(Cl)c1. The predicted octanol–water partition coefficient (Wildman–Crippen LogP) is 3.00. The number of carboxylic acids is 1. The molecule has 17 nitrogen and oxygen atoms in total. The molecule has 3 saturated heterocycles. The third-order valence-electron chi connectivity index (χ3n) is 12.5. The van der Waals surface area contributed by atoms with Crippen LogP contribution >= 0.6 is 11.6 Å². The van der Waals surface area contributed by atoms with Crippen molar-refractivity contribution in [2.75, 3.05) is 89.2 Å². The van der Waals surface area contributed by atoms with Gasteiger partial charge in [-0.15, -0.1) is 0 Å². The quantitative estimate of drug-likeness (QED) is 0.0895. The van der Waals surface area contributed by atoms with Crippen LogP contribution in [0, 0.1) is 11.8 Å². The number of hydrogen-bond acceptors (Lipinski definition) is 11. The summed E-state index contributed by atoms with van der Waals surface area (Å²) in [7, 11) is 1.42. The van der Waals surface area contributed by atoms with Gasteiger partial charge < -0.3 is 50.4 Å². The minimum Gasteiger partial charge on any atom is -0.544 e. The van der Waals surface area contributed by atoms with Crippen molar-refractivity contribution in [3.8, 4) is 17.1 Å². The van der Waals surface area contributed by atoms with E-state index in [1.807, 2.05) is 0 Å². The van der Waals surface area contributed by atoms with E-state index in [1.165, 1.54) is 42.2 Å². The number of aliphatic carboxylic acids is 1. The predicted molar refractivity (Wildman–Crippen MR) is 230 cm³/mol. The van der Waals surface area contributed by atoms with Crippen molar-refractivity contribution in [3.05, 3.63) is 71.0 Å². The molecular weight excluding hydrogens is 857 g/mol. The average molecular weight is 911 g/mol. The molecule has 3 aliphatic heterocycles. The number of carbonyl (C=O) groups is 4. The van der Waals surface area contributed by atoms with Gasteiger partial charge in [0.25, 0.3) is 11.8 Å². The summed E-state index contributed by atoms with van der Waals surface area (Å²) >= 11 is 6.58. The maximum atomic E-state index is 14.3. The Bertz CT molecular complexity index is 2300. The third kappa shape index (κ3) is 10.8. The summed E-state index contributed by atoms with van der Waals surface area (Å²) in [5.41, 5.74) is 5.19. The molecule has 1 aromatic carbocycles. The first-order chi connectivity index (χ1) is 30.6. The molecule has 344 valence electrons. The van der Waals surface area contributed by atoms with E-state index in [2.05, 4.69) is 31.0 Å². The number of alkyl halides is 3. The van der Waals surface area contributed by atoms with Crippen LogP contribution in [-0.2, 0) is 22.8 Å². The molecule has 21 heteroatoms. The van der Waals surface area contributed by atoms with Gasteiger partial charge in [-0.25, -0.2) is 14.6 Å². The lowest BCUT2D eigenvalue weighted by Gasteiger charge is -2.47. The highest BCUT2D eigenvalue weighted by molar-refractivity contribution is 6.34. The van der Waals surface area contributed by atoms with E-state index in [9.17, 15) is 37.5 Å². The molecule has 5 N–H and O–H groups in total. The number of piperazine rings is 1. The number of pyridine rings is 1. The van der Waals surface area contributed by atoms with Gasteiger partial charge in [0.15, 0.2) is 17.3 Å². The number of imidazole rings is 1. The summed E-state index contributed by atoms with van der Waals surface area (Å²) in [5, 5.41) is 24.6. The smallest absolute Gasteiger partial charge is 0.435 e. The number of unbranched alkanes of at least 4 members (excludes halogenated alkanes) is 3. The van der Waals surface area contributed by atoms with Gasteiger partial charge in [-0.2, -0.15) is 18.3 Å². The fraction of sp³-hybridized carbons (Fsp3) is 0.512. The van der Waals surface area contributed by atoms with Crippen LogP contribution in [0.1, 0.15) is 65.2 Å². The van der Waals surface area contributed by atoms with Gasteiger partial charge in [-0.05, 0) is 49.7 Å². The number of quaternary nitrogens is 1. The molecule has 3 amide bonds. The Morgan fingerprint density at radius 3 is 2.28 bits per heavy atom. The Morgan fingerprint density at radius 2 is 1.66 bits per heavy atom. The molecule has 64 heavy (non-hydrogen) atoms. The first kappa shape index (κ1) is 46.4. The zero-order chi connectivity index (χ0) is 45.6. The molecule has 3 fully saturated rings. The van der Waals surface area contributed by atoms with Gasteiger partial charge in [0.2, 0.25) is 5.91 Å². The van der Waals surface area contributed by atoms with E-state index in [-0.39, 0.29) is 63.5 Å². The average Bonchev–Trinajstić information content (AvgIpc) is 3.88. The summed E-state index contributed by atoms with van der Waals surface area (Å²) in [6.45, 7) is 6.32. The van der Waals surface area contributed by atoms with Gasteiger partial charge in [-0.3, -0.25) is 14.4 Å². The molecule has 3 aliphatic rings. The number of nitrogens with two attached hydrogens (primary N) is 1. The number of carbonyl (C=O) groups excluding carboxylic acids is 4. The summed E-state index contributed by atoms with van der Waals surface area (Å²) < 4.78 is 45.7. The zero-order valence-corrected chi connectivity index (χ0v) is 36.5. The number of likely N-dealkylation sites (tertiary alicyclic amines) is 1. The number of halogens is 4. The number of aromatic nitrogens is 5. The highest BCUT2D eigenvalue weighted by Gasteiger charge is 2.42. The number of carboxylic acid groups (broad SMARTS) is 1. The van der Waals surface area contributed by atoms with Crippen molar-refractivity contribution >= 4 is 46.7 Å². The lowest BCUT2D eigenvalue weighted by Crippen LogP contribution is -2.63. The van der Waals surface area contributed by atoms with Crippen molar-refractivity contribution in [3.63, 3.8) is 0 Å². The maximum absolute atomic E-state index is 14.3. The van der Waals surface area contributed by atoms with Crippen molar-refractivity contribution in [2.45, 2.75) is 44.7 Å². The molecule has 0 atom stereocenters. The van der Waals surface area contributed by atoms with Gasteiger partial charge in [0, 0.05) is 89.4 Å². The largest absolute Gasteiger partial charge is 0.544 e. The molecule has 0 bridgehead atoms. The van der Waals surface area contributed by atoms with Gasteiger partial charge in [-0.1, -0.05) is 24.4 Å². The van der Waals surface area contributed by atoms with Gasteiger partial charge in [0.1, 0.15) is 6.54 Å². The second-order valence-electron chi connectivity index (χ2n) is 17.0. The number of anilines is 2. The molecule has 3 aromatic heterocycles.